The molecule has 104 valence electrons. The van der Waals surface area contributed by atoms with Gasteiger partial charge < -0.3 is 15.4 Å². The van der Waals surface area contributed by atoms with Gasteiger partial charge in [-0.1, -0.05) is 0 Å². The Balaban J connectivity index is 1.53. The van der Waals surface area contributed by atoms with Crippen LogP contribution in [0.15, 0.2) is 12.4 Å². The molecule has 6 nitrogen and oxygen atoms in total. The van der Waals surface area contributed by atoms with Gasteiger partial charge in [0.2, 0.25) is 5.91 Å². The summed E-state index contributed by atoms with van der Waals surface area (Å²) in [5.41, 5.74) is 0.761. The van der Waals surface area contributed by atoms with Crippen molar-refractivity contribution in [3.8, 4) is 0 Å². The first-order chi connectivity index (χ1) is 9.31. The molecule has 3 heterocycles. The zero-order valence-electron chi connectivity index (χ0n) is 11.0. The topological polar surface area (TPSA) is 68.2 Å². The lowest BCUT2D eigenvalue weighted by Crippen LogP contribution is -2.35. The fourth-order valence-electron chi connectivity index (χ4n) is 2.66. The van der Waals surface area contributed by atoms with Gasteiger partial charge in [0.15, 0.2) is 0 Å². The zero-order chi connectivity index (χ0) is 13.1. The Morgan fingerprint density at radius 2 is 2.47 bits per heavy atom. The number of anilines is 1. The van der Waals surface area contributed by atoms with Crippen LogP contribution in [0.3, 0.4) is 0 Å². The molecule has 0 aliphatic carbocycles. The maximum atomic E-state index is 11.9. The molecule has 0 bridgehead atoms. The minimum Gasteiger partial charge on any atom is -0.376 e. The van der Waals surface area contributed by atoms with Crippen molar-refractivity contribution in [3.63, 3.8) is 0 Å². The van der Waals surface area contributed by atoms with E-state index in [4.69, 9.17) is 4.74 Å². The normalized spacial score (nSPS) is 26.7. The summed E-state index contributed by atoms with van der Waals surface area (Å²) in [4.78, 5) is 11.9. The molecule has 1 amide bonds. The Morgan fingerprint density at radius 3 is 3.21 bits per heavy atom. The highest BCUT2D eigenvalue weighted by Gasteiger charge is 2.22. The highest BCUT2D eigenvalue weighted by atomic mass is 16.5. The Morgan fingerprint density at radius 1 is 1.53 bits per heavy atom. The zero-order valence-corrected chi connectivity index (χ0v) is 11.0. The molecule has 0 radical (unpaired) electrons. The summed E-state index contributed by atoms with van der Waals surface area (Å²) in [6, 6.07) is -0.0542. The van der Waals surface area contributed by atoms with E-state index in [1.807, 2.05) is 10.9 Å². The van der Waals surface area contributed by atoms with Gasteiger partial charge in [-0.3, -0.25) is 9.48 Å². The lowest BCUT2D eigenvalue weighted by Gasteiger charge is -2.10. The van der Waals surface area contributed by atoms with E-state index in [0.29, 0.717) is 0 Å². The van der Waals surface area contributed by atoms with Crippen LogP contribution in [-0.2, 0) is 16.1 Å². The number of ether oxygens (including phenoxy) is 1. The molecular formula is C13H20N4O2. The molecule has 2 N–H and O–H groups in total. The molecule has 0 aromatic carbocycles. The minimum absolute atomic E-state index is 0.0363. The van der Waals surface area contributed by atoms with E-state index in [2.05, 4.69) is 15.7 Å². The van der Waals surface area contributed by atoms with Crippen LogP contribution in [0.1, 0.15) is 25.7 Å². The van der Waals surface area contributed by atoms with Crippen LogP contribution < -0.4 is 10.6 Å². The fraction of sp³-hybridized carbons (Fsp3) is 0.692. The van der Waals surface area contributed by atoms with Gasteiger partial charge >= 0.3 is 0 Å². The van der Waals surface area contributed by atoms with E-state index >= 15 is 0 Å². The second-order valence-corrected chi connectivity index (χ2v) is 5.22. The van der Waals surface area contributed by atoms with Gasteiger partial charge in [-0.25, -0.2) is 0 Å². The molecule has 2 aliphatic rings. The van der Waals surface area contributed by atoms with Crippen molar-refractivity contribution in [1.82, 2.24) is 15.1 Å². The first kappa shape index (κ1) is 12.6. The van der Waals surface area contributed by atoms with Crippen LogP contribution in [0.25, 0.3) is 0 Å². The second kappa shape index (κ2) is 5.71. The standard InChI is InChI=1S/C13H20N4O2/c18-13(12-4-1-5-14-12)16-10-7-15-17(8-10)9-11-3-2-6-19-11/h7-8,11-12,14H,1-6,9H2,(H,16,18). The number of aromatic nitrogens is 2. The molecule has 19 heavy (non-hydrogen) atoms. The number of nitrogens with one attached hydrogen (secondary N) is 2. The first-order valence-corrected chi connectivity index (χ1v) is 6.99. The van der Waals surface area contributed by atoms with Crippen molar-refractivity contribution in [3.05, 3.63) is 12.4 Å². The Hall–Kier alpha value is -1.40. The third-order valence-corrected chi connectivity index (χ3v) is 3.69. The monoisotopic (exact) mass is 264 g/mol. The molecule has 0 spiro atoms. The van der Waals surface area contributed by atoms with Gasteiger partial charge in [0, 0.05) is 12.8 Å². The maximum Gasteiger partial charge on any atom is 0.241 e. The van der Waals surface area contributed by atoms with Gasteiger partial charge in [-0.15, -0.1) is 0 Å². The molecule has 2 atom stereocenters. The van der Waals surface area contributed by atoms with E-state index < -0.39 is 0 Å². The van der Waals surface area contributed by atoms with Crippen molar-refractivity contribution in [2.75, 3.05) is 18.5 Å². The molecule has 2 aliphatic heterocycles. The highest BCUT2D eigenvalue weighted by molar-refractivity contribution is 5.94. The van der Waals surface area contributed by atoms with Crippen molar-refractivity contribution in [2.45, 2.75) is 44.4 Å². The van der Waals surface area contributed by atoms with Crippen molar-refractivity contribution < 1.29 is 9.53 Å². The molecule has 0 saturated carbocycles. The summed E-state index contributed by atoms with van der Waals surface area (Å²) in [6.45, 7) is 2.54. The molecule has 1 aromatic rings. The fourth-order valence-corrected chi connectivity index (χ4v) is 2.66. The van der Waals surface area contributed by atoms with Gasteiger partial charge in [0.1, 0.15) is 0 Å². The van der Waals surface area contributed by atoms with Gasteiger partial charge in [0.25, 0.3) is 0 Å². The van der Waals surface area contributed by atoms with Crippen molar-refractivity contribution in [2.24, 2.45) is 0 Å². The number of nitrogens with zero attached hydrogens (tertiary/aromatic N) is 2. The third kappa shape index (κ3) is 3.13. The molecule has 2 unspecified atom stereocenters. The Bertz CT molecular complexity index is 434. The van der Waals surface area contributed by atoms with E-state index in [9.17, 15) is 4.79 Å². The largest absolute Gasteiger partial charge is 0.376 e. The van der Waals surface area contributed by atoms with Crippen LogP contribution in [0.5, 0.6) is 0 Å². The number of hydrogen-bond donors (Lipinski definition) is 2. The molecule has 2 fully saturated rings. The van der Waals surface area contributed by atoms with Crippen LogP contribution in [0.2, 0.25) is 0 Å². The van der Waals surface area contributed by atoms with Crippen LogP contribution in [-0.4, -0.2) is 41.0 Å². The summed E-state index contributed by atoms with van der Waals surface area (Å²) in [6.07, 6.45) is 8.03. The first-order valence-electron chi connectivity index (χ1n) is 6.99. The average Bonchev–Trinajstić information content (AvgIpc) is 3.10. The molecular weight excluding hydrogens is 244 g/mol. The SMILES string of the molecule is O=C(Nc1cnn(CC2CCCO2)c1)C1CCCN1. The number of hydrogen-bond acceptors (Lipinski definition) is 4. The molecule has 1 aromatic heterocycles. The number of rotatable bonds is 4. The second-order valence-electron chi connectivity index (χ2n) is 5.22. The van der Waals surface area contributed by atoms with E-state index in [0.717, 1.165) is 51.1 Å². The third-order valence-electron chi connectivity index (χ3n) is 3.69. The highest BCUT2D eigenvalue weighted by Crippen LogP contribution is 2.15. The minimum atomic E-state index is -0.0542. The Labute approximate surface area is 112 Å². The van der Waals surface area contributed by atoms with Crippen LogP contribution in [0, 0.1) is 0 Å². The van der Waals surface area contributed by atoms with E-state index in [1.165, 1.54) is 0 Å². The number of carbonyl (C=O) groups excluding carboxylic acids is 1. The summed E-state index contributed by atoms with van der Waals surface area (Å²) >= 11 is 0. The van der Waals surface area contributed by atoms with Crippen molar-refractivity contribution >= 4 is 11.6 Å². The number of carbonyl (C=O) groups is 1. The van der Waals surface area contributed by atoms with Crippen molar-refractivity contribution in [1.29, 1.82) is 0 Å². The van der Waals surface area contributed by atoms with Gasteiger partial charge in [-0.2, -0.15) is 5.10 Å². The van der Waals surface area contributed by atoms with Crippen LogP contribution in [0.4, 0.5) is 5.69 Å². The Kier molecular flexibility index (Phi) is 3.79. The lowest BCUT2D eigenvalue weighted by molar-refractivity contribution is -0.117. The van der Waals surface area contributed by atoms with Crippen LogP contribution >= 0.6 is 0 Å². The molecule has 6 heteroatoms. The summed E-state index contributed by atoms with van der Waals surface area (Å²) in [5.74, 6) is 0.0363. The molecule has 2 saturated heterocycles. The molecule has 3 rings (SSSR count). The number of amides is 1. The van der Waals surface area contributed by atoms with E-state index in [-0.39, 0.29) is 18.1 Å². The quantitative estimate of drug-likeness (QED) is 0.842. The van der Waals surface area contributed by atoms with Gasteiger partial charge in [-0.05, 0) is 32.2 Å². The van der Waals surface area contributed by atoms with Gasteiger partial charge in [0.05, 0.1) is 30.6 Å². The summed E-state index contributed by atoms with van der Waals surface area (Å²) in [5, 5.41) is 10.3. The summed E-state index contributed by atoms with van der Waals surface area (Å²) in [7, 11) is 0. The smallest absolute Gasteiger partial charge is 0.241 e. The average molecular weight is 264 g/mol. The maximum absolute atomic E-state index is 11.9. The predicted octanol–water partition coefficient (Wildman–Crippen LogP) is 0.753. The van der Waals surface area contributed by atoms with E-state index in [1.54, 1.807) is 6.20 Å². The lowest BCUT2D eigenvalue weighted by atomic mass is 10.2. The predicted molar refractivity (Wildman–Crippen MR) is 70.9 cm³/mol. The summed E-state index contributed by atoms with van der Waals surface area (Å²) < 4.78 is 7.41.